The predicted octanol–water partition coefficient (Wildman–Crippen LogP) is 3.59. The monoisotopic (exact) mass is 538 g/mol. The fourth-order valence-electron chi connectivity index (χ4n) is 6.15. The molecule has 0 bridgehead atoms. The van der Waals surface area contributed by atoms with Crippen LogP contribution in [0.3, 0.4) is 0 Å². The van der Waals surface area contributed by atoms with Gasteiger partial charge in [-0.3, -0.25) is 9.59 Å². The first-order chi connectivity index (χ1) is 18.7. The highest BCUT2D eigenvalue weighted by atomic mass is 19.1. The number of carbonyl (C=O) groups excluding carboxylic acids is 4. The molecular formula is C28H28F2N4O5. The molecule has 204 valence electrons. The summed E-state index contributed by atoms with van der Waals surface area (Å²) in [5.74, 6) is -1.85. The molecule has 2 aliphatic carbocycles. The number of hydrogen-bond acceptors (Lipinski definition) is 5. The summed E-state index contributed by atoms with van der Waals surface area (Å²) in [6, 6.07) is 6.44. The predicted molar refractivity (Wildman–Crippen MR) is 134 cm³/mol. The highest BCUT2D eigenvalue weighted by molar-refractivity contribution is 6.06. The van der Waals surface area contributed by atoms with Gasteiger partial charge in [0.25, 0.3) is 5.91 Å². The van der Waals surface area contributed by atoms with Gasteiger partial charge in [0, 0.05) is 31.6 Å². The molecule has 4 aliphatic rings. The van der Waals surface area contributed by atoms with Crippen molar-refractivity contribution in [2.24, 2.45) is 5.92 Å². The minimum Gasteiger partial charge on any atom is -0.427 e. The fraction of sp³-hybridized carbons (Fsp3) is 0.429. The number of hydrogen-bond donors (Lipinski definition) is 2. The number of rotatable bonds is 4. The lowest BCUT2D eigenvalue weighted by atomic mass is 9.94. The third-order valence-electron chi connectivity index (χ3n) is 8.32. The smallest absolute Gasteiger partial charge is 0.418 e. The zero-order valence-corrected chi connectivity index (χ0v) is 21.4. The van der Waals surface area contributed by atoms with Crippen LogP contribution < -0.4 is 10.6 Å². The summed E-state index contributed by atoms with van der Waals surface area (Å²) < 4.78 is 34.3. The van der Waals surface area contributed by atoms with Crippen LogP contribution in [0.1, 0.15) is 47.9 Å². The van der Waals surface area contributed by atoms with E-state index >= 15 is 0 Å². The number of urea groups is 1. The van der Waals surface area contributed by atoms with Gasteiger partial charge in [0.05, 0.1) is 5.69 Å². The SMILES string of the molecule is CNC(=O)Nc1cc2c(cc1F)C1(CC2)OC(=O)N(CC(=O)N2Cc3ccc(F)cc3CC[C@H]2C2CC2)C1=O. The number of halogens is 2. The van der Waals surface area contributed by atoms with Crippen molar-refractivity contribution >= 4 is 29.6 Å². The van der Waals surface area contributed by atoms with Gasteiger partial charge in [-0.1, -0.05) is 6.07 Å². The van der Waals surface area contributed by atoms with Crippen molar-refractivity contribution in [1.82, 2.24) is 15.1 Å². The van der Waals surface area contributed by atoms with Crippen molar-refractivity contribution in [3.8, 4) is 0 Å². The Labute approximate surface area is 223 Å². The Morgan fingerprint density at radius 1 is 1.05 bits per heavy atom. The first kappa shape index (κ1) is 25.3. The molecular weight excluding hydrogens is 510 g/mol. The second-order valence-corrected chi connectivity index (χ2v) is 10.7. The second kappa shape index (κ2) is 9.32. The van der Waals surface area contributed by atoms with E-state index in [1.54, 1.807) is 11.0 Å². The van der Waals surface area contributed by atoms with Gasteiger partial charge in [-0.25, -0.2) is 23.3 Å². The summed E-state index contributed by atoms with van der Waals surface area (Å²) in [6.07, 6.45) is 2.78. The lowest BCUT2D eigenvalue weighted by molar-refractivity contribution is -0.143. The number of fused-ring (bicyclic) bond motifs is 3. The second-order valence-electron chi connectivity index (χ2n) is 10.7. The molecule has 2 N–H and O–H groups in total. The molecule has 1 saturated carbocycles. The Bertz CT molecular complexity index is 1410. The fourth-order valence-corrected chi connectivity index (χ4v) is 6.15. The molecule has 1 saturated heterocycles. The van der Waals surface area contributed by atoms with Crippen LogP contribution in [-0.4, -0.2) is 53.4 Å². The molecule has 2 aliphatic heterocycles. The average Bonchev–Trinajstić information content (AvgIpc) is 3.68. The van der Waals surface area contributed by atoms with Crippen LogP contribution in [0.5, 0.6) is 0 Å². The molecule has 5 amide bonds. The van der Waals surface area contributed by atoms with Gasteiger partial charge >= 0.3 is 12.1 Å². The number of carbonyl (C=O) groups is 4. The Morgan fingerprint density at radius 2 is 1.85 bits per heavy atom. The van der Waals surface area contributed by atoms with Crippen molar-refractivity contribution in [1.29, 1.82) is 0 Å². The van der Waals surface area contributed by atoms with Gasteiger partial charge in [-0.05, 0) is 79.0 Å². The number of amides is 5. The highest BCUT2D eigenvalue weighted by Gasteiger charge is 2.59. The maximum absolute atomic E-state index is 14.9. The van der Waals surface area contributed by atoms with Gasteiger partial charge in [-0.2, -0.15) is 0 Å². The van der Waals surface area contributed by atoms with E-state index in [4.69, 9.17) is 4.74 Å². The first-order valence-electron chi connectivity index (χ1n) is 13.1. The topological polar surface area (TPSA) is 108 Å². The maximum Gasteiger partial charge on any atom is 0.418 e. The lowest BCUT2D eigenvalue weighted by Gasteiger charge is -2.31. The molecule has 11 heteroatoms. The molecule has 2 atom stereocenters. The van der Waals surface area contributed by atoms with Gasteiger partial charge in [0.2, 0.25) is 11.5 Å². The number of aryl methyl sites for hydroxylation is 2. The summed E-state index contributed by atoms with van der Waals surface area (Å²) in [7, 11) is 1.40. The molecule has 0 aromatic heterocycles. The Balaban J connectivity index is 1.24. The van der Waals surface area contributed by atoms with Gasteiger partial charge < -0.3 is 20.3 Å². The maximum atomic E-state index is 14.9. The third-order valence-corrected chi connectivity index (χ3v) is 8.32. The molecule has 1 unspecified atom stereocenters. The van der Waals surface area contributed by atoms with Crippen molar-refractivity contribution in [2.75, 3.05) is 18.9 Å². The van der Waals surface area contributed by atoms with Gasteiger partial charge in [-0.15, -0.1) is 0 Å². The van der Waals surface area contributed by atoms with E-state index in [0.29, 0.717) is 30.7 Å². The van der Waals surface area contributed by atoms with Crippen molar-refractivity contribution in [3.63, 3.8) is 0 Å². The molecule has 39 heavy (non-hydrogen) atoms. The molecule has 9 nitrogen and oxygen atoms in total. The standard InChI is InChI=1S/C28H28F2N4O5/c1-31-26(37)32-22-11-17-8-9-28(20(17)12-21(22)30)25(36)34(27(38)39-28)14-24(35)33-13-18-4-6-19(29)10-16(18)5-7-23(33)15-2-3-15/h4,6,10-12,15,23H,2-3,5,7-9,13-14H2,1H3,(H2,31,32,37)/t23-,28?/m0/s1. The van der Waals surface area contributed by atoms with E-state index in [2.05, 4.69) is 10.6 Å². The number of ether oxygens (including phenoxy) is 1. The summed E-state index contributed by atoms with van der Waals surface area (Å²) in [5.41, 5.74) is 0.737. The van der Waals surface area contributed by atoms with Crippen LogP contribution in [0.15, 0.2) is 30.3 Å². The average molecular weight is 539 g/mol. The van der Waals surface area contributed by atoms with Crippen molar-refractivity contribution in [3.05, 3.63) is 64.2 Å². The van der Waals surface area contributed by atoms with E-state index in [-0.39, 0.29) is 42.0 Å². The Hall–Kier alpha value is -4.02. The number of benzene rings is 2. The number of imide groups is 1. The van der Waals surface area contributed by atoms with Crippen LogP contribution in [0, 0.1) is 17.6 Å². The molecule has 1 spiro atoms. The molecule has 0 radical (unpaired) electrons. The molecule has 2 heterocycles. The third kappa shape index (κ3) is 4.29. The normalized spacial score (nSPS) is 23.8. The van der Waals surface area contributed by atoms with Gasteiger partial charge in [0.15, 0.2) is 0 Å². The quantitative estimate of drug-likeness (QED) is 0.619. The number of anilines is 1. The molecule has 2 fully saturated rings. The zero-order valence-electron chi connectivity index (χ0n) is 21.4. The van der Waals surface area contributed by atoms with Crippen LogP contribution in [0.25, 0.3) is 0 Å². The number of nitrogens with zero attached hydrogens (tertiary/aromatic N) is 2. The van der Waals surface area contributed by atoms with Crippen LogP contribution in [-0.2, 0) is 39.3 Å². The Morgan fingerprint density at radius 3 is 2.59 bits per heavy atom. The zero-order chi connectivity index (χ0) is 27.5. The molecule has 2 aromatic carbocycles. The van der Waals surface area contributed by atoms with E-state index < -0.39 is 36.0 Å². The molecule has 6 rings (SSSR count). The lowest BCUT2D eigenvalue weighted by Crippen LogP contribution is -2.48. The summed E-state index contributed by atoms with van der Waals surface area (Å²) in [4.78, 5) is 54.4. The summed E-state index contributed by atoms with van der Waals surface area (Å²) in [6.45, 7) is -0.222. The molecule has 2 aromatic rings. The first-order valence-corrected chi connectivity index (χ1v) is 13.1. The van der Waals surface area contributed by atoms with Crippen molar-refractivity contribution < 1.29 is 32.7 Å². The largest absolute Gasteiger partial charge is 0.427 e. The summed E-state index contributed by atoms with van der Waals surface area (Å²) in [5, 5.41) is 4.74. The van der Waals surface area contributed by atoms with Crippen molar-refractivity contribution in [2.45, 2.75) is 56.7 Å². The van der Waals surface area contributed by atoms with Crippen LogP contribution in [0.4, 0.5) is 24.1 Å². The number of nitrogens with one attached hydrogen (secondary N) is 2. The van der Waals surface area contributed by atoms with E-state index in [0.717, 1.165) is 34.9 Å². The Kier molecular flexibility index (Phi) is 6.04. The minimum atomic E-state index is -1.71. The van der Waals surface area contributed by atoms with Crippen LogP contribution >= 0.6 is 0 Å². The summed E-state index contributed by atoms with van der Waals surface area (Å²) >= 11 is 0. The van der Waals surface area contributed by atoms with E-state index in [9.17, 15) is 28.0 Å². The van der Waals surface area contributed by atoms with Gasteiger partial charge in [0.1, 0.15) is 18.2 Å². The minimum absolute atomic E-state index is 0.0543. The van der Waals surface area contributed by atoms with Crippen LogP contribution in [0.2, 0.25) is 0 Å². The highest BCUT2D eigenvalue weighted by Crippen LogP contribution is 2.47. The van der Waals surface area contributed by atoms with E-state index in [1.165, 1.54) is 25.2 Å². The van der Waals surface area contributed by atoms with E-state index in [1.807, 2.05) is 0 Å².